The maximum absolute atomic E-state index is 12.6. The monoisotopic (exact) mass is 375 g/mol. The summed E-state index contributed by atoms with van der Waals surface area (Å²) in [5.41, 5.74) is -0.835. The topological polar surface area (TPSA) is 141 Å². The van der Waals surface area contributed by atoms with E-state index in [4.69, 9.17) is 4.74 Å². The molecule has 0 spiro atoms. The van der Waals surface area contributed by atoms with E-state index in [1.54, 1.807) is 6.07 Å². The van der Waals surface area contributed by atoms with Gasteiger partial charge in [-0.2, -0.15) is 0 Å². The zero-order chi connectivity index (χ0) is 19.6. The molecule has 1 saturated heterocycles. The highest BCUT2D eigenvalue weighted by Gasteiger charge is 2.46. The summed E-state index contributed by atoms with van der Waals surface area (Å²) < 4.78 is 6.27. The molecule has 1 aromatic heterocycles. The Morgan fingerprint density at radius 3 is 2.89 bits per heavy atom. The van der Waals surface area contributed by atoms with Gasteiger partial charge in [0.05, 0.1) is 23.4 Å². The molecule has 1 aliphatic heterocycles. The Labute approximate surface area is 153 Å². The van der Waals surface area contributed by atoms with Crippen molar-refractivity contribution in [3.63, 3.8) is 0 Å². The normalized spacial score (nSPS) is 19.2. The van der Waals surface area contributed by atoms with Crippen molar-refractivity contribution in [3.8, 4) is 5.69 Å². The fourth-order valence-electron chi connectivity index (χ4n) is 3.08. The van der Waals surface area contributed by atoms with Gasteiger partial charge in [-0.05, 0) is 12.5 Å². The van der Waals surface area contributed by atoms with E-state index < -0.39 is 22.2 Å². The van der Waals surface area contributed by atoms with Gasteiger partial charge in [0.15, 0.2) is 5.69 Å². The van der Waals surface area contributed by atoms with Crippen LogP contribution in [-0.2, 0) is 9.53 Å². The van der Waals surface area contributed by atoms with Crippen LogP contribution in [0.5, 0.6) is 0 Å². The number of aliphatic carboxylic acids is 1. The summed E-state index contributed by atoms with van der Waals surface area (Å²) >= 11 is 0. The predicted octanol–water partition coefficient (Wildman–Crippen LogP) is 0.739. The number of hydrogen-bond acceptors (Lipinski definition) is 7. The Balaban J connectivity index is 1.79. The second-order valence-electron chi connectivity index (χ2n) is 6.32. The van der Waals surface area contributed by atoms with Crippen molar-refractivity contribution in [1.29, 1.82) is 0 Å². The lowest BCUT2D eigenvalue weighted by Gasteiger charge is -2.23. The van der Waals surface area contributed by atoms with Gasteiger partial charge in [-0.15, -0.1) is 5.10 Å². The molecule has 1 fully saturated rings. The van der Waals surface area contributed by atoms with E-state index in [-0.39, 0.29) is 37.5 Å². The third-order valence-electron chi connectivity index (χ3n) is 4.53. The molecule has 1 aliphatic rings. The van der Waals surface area contributed by atoms with E-state index >= 15 is 0 Å². The quantitative estimate of drug-likeness (QED) is 0.576. The van der Waals surface area contributed by atoms with Gasteiger partial charge in [-0.3, -0.25) is 19.7 Å². The van der Waals surface area contributed by atoms with E-state index in [0.717, 1.165) is 0 Å². The van der Waals surface area contributed by atoms with Gasteiger partial charge in [0, 0.05) is 32.3 Å². The van der Waals surface area contributed by atoms with Crippen molar-refractivity contribution in [2.75, 3.05) is 26.8 Å². The molecule has 0 radical (unpaired) electrons. The summed E-state index contributed by atoms with van der Waals surface area (Å²) in [6.07, 6.45) is 1.64. The number of rotatable bonds is 6. The molecule has 0 bridgehead atoms. The Morgan fingerprint density at radius 1 is 1.44 bits per heavy atom. The molecule has 2 heterocycles. The summed E-state index contributed by atoms with van der Waals surface area (Å²) in [5.74, 6) is -1.47. The SMILES string of the molecule is COCC1(C(=O)O)CCN(C(=O)c2cn(-c3cccc([N+](=O)[O-])c3)nn2)C1. The number of carboxylic acids is 1. The number of carbonyl (C=O) groups is 2. The number of nitrogens with zero attached hydrogens (tertiary/aromatic N) is 5. The highest BCUT2D eigenvalue weighted by atomic mass is 16.6. The van der Waals surface area contributed by atoms with Crippen LogP contribution in [0.1, 0.15) is 16.9 Å². The first kappa shape index (κ1) is 18.5. The van der Waals surface area contributed by atoms with Crippen molar-refractivity contribution in [2.24, 2.45) is 5.41 Å². The number of nitro benzene ring substituents is 1. The van der Waals surface area contributed by atoms with Crippen molar-refractivity contribution >= 4 is 17.6 Å². The fraction of sp³-hybridized carbons (Fsp3) is 0.375. The van der Waals surface area contributed by atoms with Gasteiger partial charge < -0.3 is 14.7 Å². The van der Waals surface area contributed by atoms with E-state index in [2.05, 4.69) is 10.3 Å². The van der Waals surface area contributed by atoms with E-state index in [9.17, 15) is 24.8 Å². The molecule has 11 nitrogen and oxygen atoms in total. The minimum atomic E-state index is -1.14. The second-order valence-corrected chi connectivity index (χ2v) is 6.32. The third kappa shape index (κ3) is 3.49. The van der Waals surface area contributed by atoms with Gasteiger partial charge in [0.2, 0.25) is 0 Å². The standard InChI is InChI=1S/C16H17N5O6/c1-27-10-16(15(23)24)5-6-19(9-16)14(22)13-8-20(18-17-13)11-3-2-4-12(7-11)21(25)26/h2-4,7-8H,5-6,9-10H2,1H3,(H,23,24). The van der Waals surface area contributed by atoms with Gasteiger partial charge in [-0.25, -0.2) is 4.68 Å². The number of carbonyl (C=O) groups excluding carboxylic acids is 1. The lowest BCUT2D eigenvalue weighted by atomic mass is 9.88. The highest BCUT2D eigenvalue weighted by molar-refractivity contribution is 5.93. The minimum absolute atomic E-state index is 0.00644. The molecule has 0 saturated carbocycles. The molecule has 1 amide bonds. The number of likely N-dealkylation sites (tertiary alicyclic amines) is 1. The average molecular weight is 375 g/mol. The van der Waals surface area contributed by atoms with Gasteiger partial charge in [-0.1, -0.05) is 11.3 Å². The summed E-state index contributed by atoms with van der Waals surface area (Å²) in [6, 6.07) is 5.76. The van der Waals surface area contributed by atoms with Crippen LogP contribution in [0.2, 0.25) is 0 Å². The fourth-order valence-corrected chi connectivity index (χ4v) is 3.08. The Hall–Kier alpha value is -3.34. The molecule has 1 atom stereocenters. The summed E-state index contributed by atoms with van der Waals surface area (Å²) in [6.45, 7) is 0.281. The van der Waals surface area contributed by atoms with Crippen molar-refractivity contribution in [2.45, 2.75) is 6.42 Å². The van der Waals surface area contributed by atoms with Crippen LogP contribution in [0.4, 0.5) is 5.69 Å². The number of non-ortho nitro benzene ring substituents is 1. The number of methoxy groups -OCH3 is 1. The molecule has 11 heteroatoms. The van der Waals surface area contributed by atoms with Crippen LogP contribution in [0.25, 0.3) is 5.69 Å². The number of amides is 1. The van der Waals surface area contributed by atoms with E-state index in [0.29, 0.717) is 5.69 Å². The van der Waals surface area contributed by atoms with Crippen LogP contribution in [0.15, 0.2) is 30.5 Å². The minimum Gasteiger partial charge on any atom is -0.481 e. The van der Waals surface area contributed by atoms with Gasteiger partial charge >= 0.3 is 5.97 Å². The largest absolute Gasteiger partial charge is 0.481 e. The maximum atomic E-state index is 12.6. The van der Waals surface area contributed by atoms with Crippen LogP contribution < -0.4 is 0 Å². The van der Waals surface area contributed by atoms with Crippen LogP contribution in [0.3, 0.4) is 0 Å². The summed E-state index contributed by atoms with van der Waals surface area (Å²) in [4.78, 5) is 36.0. The Morgan fingerprint density at radius 2 is 2.22 bits per heavy atom. The molecule has 3 rings (SSSR count). The molecular formula is C16H17N5O6. The molecule has 1 aromatic carbocycles. The van der Waals surface area contributed by atoms with Crippen LogP contribution in [-0.4, -0.2) is 68.6 Å². The first-order chi connectivity index (χ1) is 12.9. The Kier molecular flexibility index (Phi) is 4.86. The molecule has 0 aliphatic carbocycles. The van der Waals surface area contributed by atoms with Crippen molar-refractivity contribution in [1.82, 2.24) is 19.9 Å². The smallest absolute Gasteiger partial charge is 0.313 e. The second kappa shape index (κ2) is 7.11. The zero-order valence-electron chi connectivity index (χ0n) is 14.4. The van der Waals surface area contributed by atoms with Gasteiger partial charge in [0.25, 0.3) is 11.6 Å². The summed E-state index contributed by atoms with van der Waals surface area (Å²) in [7, 11) is 1.42. The first-order valence-electron chi connectivity index (χ1n) is 8.05. The van der Waals surface area contributed by atoms with Crippen molar-refractivity contribution in [3.05, 3.63) is 46.3 Å². The predicted molar refractivity (Wildman–Crippen MR) is 90.5 cm³/mol. The molecule has 1 unspecified atom stereocenters. The molecule has 27 heavy (non-hydrogen) atoms. The molecule has 142 valence electrons. The summed E-state index contributed by atoms with van der Waals surface area (Å²) in [5, 5.41) is 28.0. The number of nitro groups is 1. The van der Waals surface area contributed by atoms with E-state index in [1.807, 2.05) is 0 Å². The third-order valence-corrected chi connectivity index (χ3v) is 4.53. The zero-order valence-corrected chi connectivity index (χ0v) is 14.4. The lowest BCUT2D eigenvalue weighted by molar-refractivity contribution is -0.384. The van der Waals surface area contributed by atoms with Crippen molar-refractivity contribution < 1.29 is 24.4 Å². The average Bonchev–Trinajstić information content (AvgIpc) is 3.30. The molecule has 1 N–H and O–H groups in total. The van der Waals surface area contributed by atoms with Crippen LogP contribution in [0, 0.1) is 15.5 Å². The van der Waals surface area contributed by atoms with Crippen LogP contribution >= 0.6 is 0 Å². The number of ether oxygens (including phenoxy) is 1. The highest BCUT2D eigenvalue weighted by Crippen LogP contribution is 2.32. The van der Waals surface area contributed by atoms with E-state index in [1.165, 1.54) is 41.1 Å². The molecule has 2 aromatic rings. The number of benzene rings is 1. The number of carboxylic acid groups (broad SMARTS) is 1. The number of hydrogen-bond donors (Lipinski definition) is 1. The first-order valence-corrected chi connectivity index (χ1v) is 8.05. The number of aromatic nitrogens is 3. The molecular weight excluding hydrogens is 358 g/mol. The lowest BCUT2D eigenvalue weighted by Crippen LogP contribution is -2.40. The van der Waals surface area contributed by atoms with Gasteiger partial charge in [0.1, 0.15) is 5.41 Å². The maximum Gasteiger partial charge on any atom is 0.313 e. The Bertz CT molecular complexity index is 897.